The van der Waals surface area contributed by atoms with Gasteiger partial charge in [0.25, 0.3) is 0 Å². The molecule has 0 aliphatic heterocycles. The first-order chi connectivity index (χ1) is 9.58. The second-order valence-corrected chi connectivity index (χ2v) is 5.43. The van der Waals surface area contributed by atoms with Crippen molar-refractivity contribution in [2.45, 2.75) is 33.7 Å². The van der Waals surface area contributed by atoms with Gasteiger partial charge in [-0.05, 0) is 25.3 Å². The van der Waals surface area contributed by atoms with Crippen LogP contribution in [0.15, 0.2) is 11.4 Å². The van der Waals surface area contributed by atoms with E-state index in [-0.39, 0.29) is 11.8 Å². The minimum absolute atomic E-state index is 0.0682. The monoisotopic (exact) mass is 297 g/mol. The molecule has 0 fully saturated rings. The molecule has 0 aliphatic rings. The number of carbonyl (C=O) groups is 2. The van der Waals surface area contributed by atoms with Crippen LogP contribution in [0.1, 0.15) is 32.1 Å². The van der Waals surface area contributed by atoms with Crippen molar-refractivity contribution in [3.63, 3.8) is 0 Å². The molecule has 0 spiro atoms. The molecule has 5 nitrogen and oxygen atoms in total. The number of thiophene rings is 1. The number of hydrogen-bond donors (Lipinski definition) is 2. The van der Waals surface area contributed by atoms with E-state index < -0.39 is 0 Å². The Kier molecular flexibility index (Phi) is 7.25. The molecule has 0 aromatic carbocycles. The fourth-order valence-corrected chi connectivity index (χ4v) is 2.71. The van der Waals surface area contributed by atoms with Crippen molar-refractivity contribution in [3.8, 4) is 0 Å². The fraction of sp³-hybridized carbons (Fsp3) is 0.571. The molecule has 1 rings (SSSR count). The third kappa shape index (κ3) is 5.30. The summed E-state index contributed by atoms with van der Waals surface area (Å²) in [6, 6.07) is 1.89. The zero-order valence-corrected chi connectivity index (χ0v) is 13.2. The second-order valence-electron chi connectivity index (χ2n) is 4.43. The summed E-state index contributed by atoms with van der Waals surface area (Å²) in [6.45, 7) is 8.30. The first-order valence-electron chi connectivity index (χ1n) is 6.90. The van der Waals surface area contributed by atoms with Crippen molar-refractivity contribution in [1.29, 1.82) is 0 Å². The van der Waals surface area contributed by atoms with Gasteiger partial charge >= 0.3 is 0 Å². The van der Waals surface area contributed by atoms with Crippen molar-refractivity contribution in [2.24, 2.45) is 0 Å². The maximum atomic E-state index is 11.8. The highest BCUT2D eigenvalue weighted by atomic mass is 32.1. The maximum Gasteiger partial charge on any atom is 0.223 e. The molecule has 0 saturated carbocycles. The van der Waals surface area contributed by atoms with Crippen molar-refractivity contribution >= 4 is 28.8 Å². The van der Waals surface area contributed by atoms with E-state index in [9.17, 15) is 9.59 Å². The summed E-state index contributed by atoms with van der Waals surface area (Å²) >= 11 is 1.59. The molecule has 0 saturated heterocycles. The van der Waals surface area contributed by atoms with Gasteiger partial charge in [0.05, 0.1) is 5.69 Å². The summed E-state index contributed by atoms with van der Waals surface area (Å²) in [5.74, 6) is 0.108. The summed E-state index contributed by atoms with van der Waals surface area (Å²) in [5.41, 5.74) is 0.852. The Hall–Kier alpha value is -1.40. The molecule has 112 valence electrons. The number of anilines is 1. The van der Waals surface area contributed by atoms with E-state index >= 15 is 0 Å². The highest BCUT2D eigenvalue weighted by molar-refractivity contribution is 7.10. The van der Waals surface area contributed by atoms with Crippen molar-refractivity contribution in [3.05, 3.63) is 16.3 Å². The normalized spacial score (nSPS) is 10.3. The molecule has 2 N–H and O–H groups in total. The third-order valence-electron chi connectivity index (χ3n) is 2.97. The predicted molar refractivity (Wildman–Crippen MR) is 82.9 cm³/mol. The van der Waals surface area contributed by atoms with Gasteiger partial charge in [-0.25, -0.2) is 0 Å². The first-order valence-corrected chi connectivity index (χ1v) is 7.78. The van der Waals surface area contributed by atoms with E-state index in [4.69, 9.17) is 0 Å². The molecule has 0 unspecified atom stereocenters. The number of amides is 2. The number of carbonyl (C=O) groups excluding carboxylic acids is 2. The molecular weight excluding hydrogens is 274 g/mol. The van der Waals surface area contributed by atoms with Crippen molar-refractivity contribution < 1.29 is 9.59 Å². The van der Waals surface area contributed by atoms with Gasteiger partial charge in [-0.2, -0.15) is 0 Å². The summed E-state index contributed by atoms with van der Waals surface area (Å²) in [4.78, 5) is 25.8. The first kappa shape index (κ1) is 16.7. The van der Waals surface area contributed by atoms with E-state index in [1.165, 1.54) is 6.92 Å². The molecular formula is C14H23N3O2S. The average Bonchev–Trinajstić information content (AvgIpc) is 2.82. The summed E-state index contributed by atoms with van der Waals surface area (Å²) in [7, 11) is 0. The van der Waals surface area contributed by atoms with E-state index in [2.05, 4.69) is 10.6 Å². The zero-order valence-electron chi connectivity index (χ0n) is 12.4. The Morgan fingerprint density at radius 3 is 2.60 bits per heavy atom. The number of hydrogen-bond acceptors (Lipinski definition) is 4. The molecule has 6 heteroatoms. The molecule has 0 aliphatic carbocycles. The van der Waals surface area contributed by atoms with E-state index in [1.807, 2.05) is 30.2 Å². The van der Waals surface area contributed by atoms with Gasteiger partial charge in [0.15, 0.2) is 0 Å². The summed E-state index contributed by atoms with van der Waals surface area (Å²) in [6.07, 6.45) is 0.503. The molecule has 0 radical (unpaired) electrons. The van der Waals surface area contributed by atoms with Gasteiger partial charge in [0, 0.05) is 44.4 Å². The molecule has 2 amide bonds. The van der Waals surface area contributed by atoms with Crippen LogP contribution in [-0.4, -0.2) is 36.3 Å². The number of nitrogens with one attached hydrogen (secondary N) is 2. The van der Waals surface area contributed by atoms with Crippen LogP contribution in [0.25, 0.3) is 0 Å². The Balaban J connectivity index is 2.33. The highest BCUT2D eigenvalue weighted by Crippen LogP contribution is 2.21. The predicted octanol–water partition coefficient (Wildman–Crippen LogP) is 2.05. The summed E-state index contributed by atoms with van der Waals surface area (Å²) in [5, 5.41) is 7.99. The third-order valence-corrected chi connectivity index (χ3v) is 3.89. The van der Waals surface area contributed by atoms with Gasteiger partial charge in [-0.15, -0.1) is 11.3 Å². The standard InChI is InChI=1S/C14H23N3O2S/c1-4-17(5-2)14(19)6-8-15-10-13-12(7-9-20-13)16-11(3)18/h7,9,15H,4-6,8,10H2,1-3H3,(H,16,18). The topological polar surface area (TPSA) is 61.4 Å². The van der Waals surface area contributed by atoms with Gasteiger partial charge < -0.3 is 15.5 Å². The second kappa shape index (κ2) is 8.71. The smallest absolute Gasteiger partial charge is 0.223 e. The van der Waals surface area contributed by atoms with E-state index in [0.717, 1.165) is 23.7 Å². The minimum atomic E-state index is -0.0682. The quantitative estimate of drug-likeness (QED) is 0.722. The van der Waals surface area contributed by atoms with Crippen LogP contribution in [0.2, 0.25) is 0 Å². The Morgan fingerprint density at radius 2 is 2.00 bits per heavy atom. The van der Waals surface area contributed by atoms with Gasteiger partial charge in [0.1, 0.15) is 0 Å². The summed E-state index contributed by atoms with van der Waals surface area (Å²) < 4.78 is 0. The van der Waals surface area contributed by atoms with Crippen molar-refractivity contribution in [1.82, 2.24) is 10.2 Å². The Morgan fingerprint density at radius 1 is 1.30 bits per heavy atom. The zero-order chi connectivity index (χ0) is 15.0. The van der Waals surface area contributed by atoms with Crippen LogP contribution in [0.5, 0.6) is 0 Å². The van der Waals surface area contributed by atoms with Gasteiger partial charge in [0.2, 0.25) is 11.8 Å². The Bertz CT molecular complexity index is 441. The van der Waals surface area contributed by atoms with E-state index in [0.29, 0.717) is 19.5 Å². The molecule has 0 atom stereocenters. The molecule has 1 aromatic rings. The van der Waals surface area contributed by atoms with Crippen LogP contribution < -0.4 is 10.6 Å². The van der Waals surface area contributed by atoms with Gasteiger partial charge in [-0.3, -0.25) is 9.59 Å². The molecule has 1 heterocycles. The highest BCUT2D eigenvalue weighted by Gasteiger charge is 2.09. The minimum Gasteiger partial charge on any atom is -0.343 e. The number of nitrogens with zero attached hydrogens (tertiary/aromatic N) is 1. The Labute approximate surface area is 124 Å². The van der Waals surface area contributed by atoms with Gasteiger partial charge in [-0.1, -0.05) is 0 Å². The maximum absolute atomic E-state index is 11.8. The van der Waals surface area contributed by atoms with Crippen LogP contribution in [0.4, 0.5) is 5.69 Å². The molecule has 20 heavy (non-hydrogen) atoms. The lowest BCUT2D eigenvalue weighted by atomic mass is 10.3. The van der Waals surface area contributed by atoms with Crippen LogP contribution in [-0.2, 0) is 16.1 Å². The lowest BCUT2D eigenvalue weighted by molar-refractivity contribution is -0.130. The SMILES string of the molecule is CCN(CC)C(=O)CCNCc1sccc1NC(C)=O. The average molecular weight is 297 g/mol. The van der Waals surface area contributed by atoms with Crippen LogP contribution in [0.3, 0.4) is 0 Å². The largest absolute Gasteiger partial charge is 0.343 e. The van der Waals surface area contributed by atoms with E-state index in [1.54, 1.807) is 11.3 Å². The van der Waals surface area contributed by atoms with Crippen molar-refractivity contribution in [2.75, 3.05) is 25.0 Å². The van der Waals surface area contributed by atoms with Crippen LogP contribution in [0, 0.1) is 0 Å². The van der Waals surface area contributed by atoms with Crippen LogP contribution >= 0.6 is 11.3 Å². The number of rotatable bonds is 8. The fourth-order valence-electron chi connectivity index (χ4n) is 1.91. The lowest BCUT2D eigenvalue weighted by Gasteiger charge is -2.18. The molecule has 1 aromatic heterocycles. The lowest BCUT2D eigenvalue weighted by Crippen LogP contribution is -2.32. The molecule has 0 bridgehead atoms.